The number of rotatable bonds is 5. The van der Waals surface area contributed by atoms with Crippen LogP contribution in [0.3, 0.4) is 0 Å². The predicted octanol–water partition coefficient (Wildman–Crippen LogP) is 6.67. The van der Waals surface area contributed by atoms with Gasteiger partial charge in [0, 0.05) is 53.9 Å². The van der Waals surface area contributed by atoms with Gasteiger partial charge in [-0.05, 0) is 46.9 Å². The summed E-state index contributed by atoms with van der Waals surface area (Å²) in [6.45, 7) is 11.4. The van der Waals surface area contributed by atoms with E-state index in [4.69, 9.17) is 14.5 Å². The molecule has 2 unspecified atom stereocenters. The number of imidazole rings is 1. The summed E-state index contributed by atoms with van der Waals surface area (Å²) in [7, 11) is 0. The number of hydrogen-bond donors (Lipinski definition) is 0. The Morgan fingerprint density at radius 2 is 1.44 bits per heavy atom. The molecule has 0 N–H and O–H groups in total. The van der Waals surface area contributed by atoms with Gasteiger partial charge in [-0.2, -0.15) is 0 Å². The van der Waals surface area contributed by atoms with Crippen molar-refractivity contribution < 1.29 is 9.47 Å². The Kier molecular flexibility index (Phi) is 5.97. The SMILES string of the molecule is CCC1CC1(C)c1cccc2c3ccccc3n3c(-c4c(N5CCOCC5)cccc4N4CCOCC4)cnc3c12. The molecule has 2 aliphatic heterocycles. The van der Waals surface area contributed by atoms with Crippen molar-refractivity contribution in [2.45, 2.75) is 32.1 Å². The van der Waals surface area contributed by atoms with Gasteiger partial charge in [0.1, 0.15) is 5.65 Å². The van der Waals surface area contributed by atoms with Gasteiger partial charge in [0.2, 0.25) is 0 Å². The lowest BCUT2D eigenvalue weighted by Gasteiger charge is -2.35. The third-order valence-electron chi connectivity index (χ3n) is 9.98. The quantitative estimate of drug-likeness (QED) is 0.230. The van der Waals surface area contributed by atoms with Gasteiger partial charge in [0.05, 0.1) is 43.8 Å². The van der Waals surface area contributed by atoms with Gasteiger partial charge in [-0.1, -0.05) is 62.7 Å². The molecule has 5 aromatic rings. The minimum Gasteiger partial charge on any atom is -0.378 e. The standard InChI is InChI=1S/C35H38N4O2/c1-3-24-22-35(24,2)27-10-6-9-26-25-8-4-5-11-28(25)39-31(23-36-34(39)32(26)27)33-29(37-14-18-40-19-15-37)12-7-13-30(33)38-16-20-41-21-17-38/h4-13,23-24H,3,14-22H2,1-2H3. The maximum atomic E-state index is 5.76. The molecule has 0 spiro atoms. The van der Waals surface area contributed by atoms with E-state index < -0.39 is 0 Å². The van der Waals surface area contributed by atoms with E-state index in [0.29, 0.717) is 0 Å². The van der Waals surface area contributed by atoms with E-state index in [1.54, 1.807) is 0 Å². The van der Waals surface area contributed by atoms with E-state index in [1.807, 2.05) is 0 Å². The number of para-hydroxylation sites is 1. The highest BCUT2D eigenvalue weighted by Gasteiger charge is 2.50. The maximum Gasteiger partial charge on any atom is 0.145 e. The molecule has 2 atom stereocenters. The van der Waals surface area contributed by atoms with Gasteiger partial charge in [-0.25, -0.2) is 4.98 Å². The fourth-order valence-corrected chi connectivity index (χ4v) is 7.64. The molecule has 0 amide bonds. The first-order valence-electron chi connectivity index (χ1n) is 15.3. The zero-order valence-corrected chi connectivity index (χ0v) is 24.1. The second-order valence-electron chi connectivity index (χ2n) is 12.1. The van der Waals surface area contributed by atoms with Crippen LogP contribution in [-0.2, 0) is 14.9 Å². The summed E-state index contributed by atoms with van der Waals surface area (Å²) in [4.78, 5) is 10.3. The maximum absolute atomic E-state index is 5.76. The van der Waals surface area contributed by atoms with Crippen LogP contribution in [-0.4, -0.2) is 62.0 Å². The largest absolute Gasteiger partial charge is 0.378 e. The second kappa shape index (κ2) is 9.74. The van der Waals surface area contributed by atoms with E-state index in [0.717, 1.165) is 69.9 Å². The molecule has 6 nitrogen and oxygen atoms in total. The number of pyridine rings is 1. The molecule has 0 radical (unpaired) electrons. The summed E-state index contributed by atoms with van der Waals surface area (Å²) in [6.07, 6.45) is 4.59. The van der Waals surface area contributed by atoms with E-state index in [1.165, 1.54) is 57.0 Å². The first-order chi connectivity index (χ1) is 20.2. The Morgan fingerprint density at radius 1 is 0.805 bits per heavy atom. The van der Waals surface area contributed by atoms with E-state index in [2.05, 4.69) is 94.9 Å². The van der Waals surface area contributed by atoms with E-state index in [9.17, 15) is 0 Å². The summed E-state index contributed by atoms with van der Waals surface area (Å²) in [5, 5.41) is 3.90. The lowest BCUT2D eigenvalue weighted by molar-refractivity contribution is 0.122. The number of aromatic nitrogens is 2. The first-order valence-corrected chi connectivity index (χ1v) is 15.3. The molecule has 2 aromatic heterocycles. The molecule has 3 aliphatic rings. The molecule has 210 valence electrons. The van der Waals surface area contributed by atoms with Crippen molar-refractivity contribution in [2.24, 2.45) is 5.92 Å². The molecular weight excluding hydrogens is 508 g/mol. The number of nitrogens with zero attached hydrogens (tertiary/aromatic N) is 4. The van der Waals surface area contributed by atoms with Crippen LogP contribution in [0.2, 0.25) is 0 Å². The number of fused-ring (bicyclic) bond motifs is 6. The van der Waals surface area contributed by atoms with Crippen LogP contribution in [0, 0.1) is 5.92 Å². The highest BCUT2D eigenvalue weighted by Crippen LogP contribution is 2.58. The van der Waals surface area contributed by atoms with Crippen molar-refractivity contribution in [3.05, 3.63) is 72.4 Å². The Balaban J connectivity index is 1.45. The molecule has 8 rings (SSSR count). The van der Waals surface area contributed by atoms with E-state index >= 15 is 0 Å². The molecule has 1 saturated carbocycles. The Bertz CT molecular complexity index is 1730. The summed E-state index contributed by atoms with van der Waals surface area (Å²) in [6, 6.07) is 22.6. The minimum atomic E-state index is 0.202. The van der Waals surface area contributed by atoms with Crippen LogP contribution in [0.4, 0.5) is 11.4 Å². The molecule has 41 heavy (non-hydrogen) atoms. The van der Waals surface area contributed by atoms with Gasteiger partial charge in [0.25, 0.3) is 0 Å². The van der Waals surface area contributed by atoms with Gasteiger partial charge in [0.15, 0.2) is 0 Å². The molecule has 3 fully saturated rings. The van der Waals surface area contributed by atoms with Crippen LogP contribution in [0.5, 0.6) is 0 Å². The lowest BCUT2D eigenvalue weighted by atomic mass is 9.89. The van der Waals surface area contributed by atoms with Crippen molar-refractivity contribution in [2.75, 3.05) is 62.4 Å². The average molecular weight is 547 g/mol. The second-order valence-corrected chi connectivity index (χ2v) is 12.1. The Morgan fingerprint density at radius 3 is 2.10 bits per heavy atom. The fraction of sp³-hybridized carbons (Fsp3) is 0.400. The zero-order valence-electron chi connectivity index (χ0n) is 24.1. The van der Waals surface area contributed by atoms with Crippen molar-refractivity contribution in [1.29, 1.82) is 0 Å². The monoisotopic (exact) mass is 546 g/mol. The highest BCUT2D eigenvalue weighted by atomic mass is 16.5. The summed E-state index contributed by atoms with van der Waals surface area (Å²) >= 11 is 0. The number of benzene rings is 3. The number of morpholine rings is 2. The van der Waals surface area contributed by atoms with Crippen LogP contribution in [0.25, 0.3) is 38.6 Å². The smallest absolute Gasteiger partial charge is 0.145 e. The molecule has 0 bridgehead atoms. The van der Waals surface area contributed by atoms with E-state index in [-0.39, 0.29) is 5.41 Å². The fourth-order valence-electron chi connectivity index (χ4n) is 7.64. The lowest BCUT2D eigenvalue weighted by Crippen LogP contribution is -2.38. The van der Waals surface area contributed by atoms with Crippen LogP contribution < -0.4 is 9.80 Å². The first kappa shape index (κ1) is 25.1. The molecule has 4 heterocycles. The van der Waals surface area contributed by atoms with Gasteiger partial charge in [-0.3, -0.25) is 4.40 Å². The molecule has 3 aromatic carbocycles. The van der Waals surface area contributed by atoms with Crippen LogP contribution >= 0.6 is 0 Å². The number of ether oxygens (including phenoxy) is 2. The van der Waals surface area contributed by atoms with Crippen molar-refractivity contribution in [3.63, 3.8) is 0 Å². The van der Waals surface area contributed by atoms with Crippen LogP contribution in [0.15, 0.2) is 66.9 Å². The van der Waals surface area contributed by atoms with Crippen LogP contribution in [0.1, 0.15) is 32.3 Å². The summed E-state index contributed by atoms with van der Waals surface area (Å²) in [5.41, 5.74) is 8.86. The molecule has 6 heteroatoms. The topological polar surface area (TPSA) is 42.2 Å². The predicted molar refractivity (Wildman–Crippen MR) is 167 cm³/mol. The molecule has 2 saturated heterocycles. The normalized spacial score (nSPS) is 23.1. The summed E-state index contributed by atoms with van der Waals surface area (Å²) in [5.74, 6) is 0.726. The van der Waals surface area contributed by atoms with Crippen molar-refractivity contribution in [3.8, 4) is 11.3 Å². The Hall–Kier alpha value is -3.61. The molecular formula is C35H38N4O2. The third-order valence-corrected chi connectivity index (χ3v) is 9.98. The number of anilines is 2. The van der Waals surface area contributed by atoms with Gasteiger partial charge >= 0.3 is 0 Å². The minimum absolute atomic E-state index is 0.202. The van der Waals surface area contributed by atoms with Gasteiger partial charge < -0.3 is 19.3 Å². The number of hydrogen-bond acceptors (Lipinski definition) is 5. The van der Waals surface area contributed by atoms with Crippen molar-refractivity contribution >= 4 is 38.7 Å². The molecule has 1 aliphatic carbocycles. The zero-order chi connectivity index (χ0) is 27.6. The average Bonchev–Trinajstić information content (AvgIpc) is 3.52. The Labute approximate surface area is 241 Å². The summed E-state index contributed by atoms with van der Waals surface area (Å²) < 4.78 is 14.0. The van der Waals surface area contributed by atoms with Gasteiger partial charge in [-0.15, -0.1) is 0 Å². The third kappa shape index (κ3) is 3.87. The van der Waals surface area contributed by atoms with Crippen molar-refractivity contribution in [1.82, 2.24) is 9.38 Å². The highest BCUT2D eigenvalue weighted by molar-refractivity contribution is 6.14.